The minimum atomic E-state index is -4.35. The molecule has 0 amide bonds. The Balaban J connectivity index is 1.81. The molecule has 0 unspecified atom stereocenters. The summed E-state index contributed by atoms with van der Waals surface area (Å²) in [5, 5.41) is 0.852. The fourth-order valence-corrected chi connectivity index (χ4v) is 4.38. The minimum Gasteiger partial charge on any atom is -0.456 e. The molecule has 2 nitrogen and oxygen atoms in total. The van der Waals surface area contributed by atoms with E-state index in [-0.39, 0.29) is 0 Å². The van der Waals surface area contributed by atoms with Crippen molar-refractivity contribution in [2.75, 3.05) is 0 Å². The van der Waals surface area contributed by atoms with Crippen molar-refractivity contribution in [2.45, 2.75) is 26.6 Å². The first-order valence-electron chi connectivity index (χ1n) is 8.57. The standard InChI is InChI=1S/C21H17F3NOS/c1-3-25-17-11-14(21(22,23)24)8-9-19(17)27-20(25)12-15-10-13(2)16-6-4-5-7-18(16)26-15/h4-12H,3H2,1-2H3/q+1/b15-12+. The quantitative estimate of drug-likeness (QED) is 0.486. The van der Waals surface area contributed by atoms with Crippen LogP contribution in [0.15, 0.2) is 54.3 Å². The van der Waals surface area contributed by atoms with Gasteiger partial charge in [-0.15, -0.1) is 0 Å². The molecule has 1 aliphatic heterocycles. The van der Waals surface area contributed by atoms with Crippen molar-refractivity contribution in [1.82, 2.24) is 0 Å². The van der Waals surface area contributed by atoms with Crippen molar-refractivity contribution in [3.05, 3.63) is 70.4 Å². The van der Waals surface area contributed by atoms with Gasteiger partial charge >= 0.3 is 6.18 Å². The van der Waals surface area contributed by atoms with Crippen molar-refractivity contribution in [3.8, 4) is 5.75 Å². The maximum absolute atomic E-state index is 13.1. The lowest BCUT2D eigenvalue weighted by Crippen LogP contribution is -2.33. The van der Waals surface area contributed by atoms with Crippen LogP contribution in [0.3, 0.4) is 0 Å². The first-order valence-corrected chi connectivity index (χ1v) is 9.39. The first kappa shape index (κ1) is 17.8. The molecule has 4 rings (SSSR count). The van der Waals surface area contributed by atoms with E-state index in [2.05, 4.69) is 0 Å². The van der Waals surface area contributed by atoms with Crippen LogP contribution in [0.4, 0.5) is 13.2 Å². The highest BCUT2D eigenvalue weighted by Gasteiger charge is 2.32. The number of aromatic nitrogens is 1. The van der Waals surface area contributed by atoms with Crippen LogP contribution in [0.2, 0.25) is 0 Å². The number of hydrogen-bond donors (Lipinski definition) is 0. The SMILES string of the molecule is CC[n+]1c(/C=C2\C=C(C)c3ccccc3O2)sc2ccc(C(F)(F)F)cc21. The Morgan fingerprint density at radius 1 is 1.15 bits per heavy atom. The summed E-state index contributed by atoms with van der Waals surface area (Å²) < 4.78 is 47.9. The zero-order chi connectivity index (χ0) is 19.2. The Kier molecular flexibility index (Phi) is 4.30. The number of thiazole rings is 1. The number of halogens is 3. The van der Waals surface area contributed by atoms with Crippen LogP contribution in [-0.2, 0) is 12.7 Å². The topological polar surface area (TPSA) is 13.1 Å². The lowest BCUT2D eigenvalue weighted by atomic mass is 10.0. The third-order valence-electron chi connectivity index (χ3n) is 4.54. The van der Waals surface area contributed by atoms with Crippen LogP contribution in [0, 0.1) is 0 Å². The normalized spacial score (nSPS) is 15.6. The smallest absolute Gasteiger partial charge is 0.416 e. The maximum atomic E-state index is 13.1. The summed E-state index contributed by atoms with van der Waals surface area (Å²) in [6.07, 6.45) is -0.509. The Morgan fingerprint density at radius 2 is 1.93 bits per heavy atom. The minimum absolute atomic E-state index is 0.569. The predicted molar refractivity (Wildman–Crippen MR) is 101 cm³/mol. The molecule has 2 heterocycles. The molecule has 1 aromatic heterocycles. The second kappa shape index (κ2) is 6.53. The third-order valence-corrected chi connectivity index (χ3v) is 5.65. The summed E-state index contributed by atoms with van der Waals surface area (Å²) in [6.45, 7) is 4.51. The average molecular weight is 388 g/mol. The van der Waals surface area contributed by atoms with E-state index in [1.807, 2.05) is 54.8 Å². The van der Waals surface area contributed by atoms with Crippen molar-refractivity contribution in [1.29, 1.82) is 0 Å². The van der Waals surface area contributed by atoms with Gasteiger partial charge in [-0.05, 0) is 43.7 Å². The maximum Gasteiger partial charge on any atom is 0.416 e. The van der Waals surface area contributed by atoms with Gasteiger partial charge in [0.2, 0.25) is 5.52 Å². The molecule has 0 aliphatic carbocycles. The lowest BCUT2D eigenvalue weighted by Gasteiger charge is -2.17. The highest BCUT2D eigenvalue weighted by Crippen LogP contribution is 2.35. The van der Waals surface area contributed by atoms with Crippen molar-refractivity contribution < 1.29 is 22.5 Å². The Morgan fingerprint density at radius 3 is 2.67 bits per heavy atom. The number of aryl methyl sites for hydroxylation is 1. The van der Waals surface area contributed by atoms with E-state index >= 15 is 0 Å². The number of allylic oxidation sites excluding steroid dienone is 2. The number of alkyl halides is 3. The summed E-state index contributed by atoms with van der Waals surface area (Å²) in [5.74, 6) is 1.46. The number of rotatable bonds is 2. The molecule has 6 heteroatoms. The molecule has 0 radical (unpaired) electrons. The van der Waals surface area contributed by atoms with Crippen LogP contribution in [-0.4, -0.2) is 0 Å². The van der Waals surface area contributed by atoms with Crippen LogP contribution < -0.4 is 9.30 Å². The van der Waals surface area contributed by atoms with Gasteiger partial charge in [0.15, 0.2) is 0 Å². The Labute approximate surface area is 158 Å². The van der Waals surface area contributed by atoms with Gasteiger partial charge in [-0.25, -0.2) is 0 Å². The van der Waals surface area contributed by atoms with Crippen molar-refractivity contribution >= 4 is 33.2 Å². The largest absolute Gasteiger partial charge is 0.456 e. The third kappa shape index (κ3) is 3.25. The average Bonchev–Trinajstić information content (AvgIpc) is 2.97. The van der Waals surface area contributed by atoms with E-state index in [0.29, 0.717) is 17.8 Å². The molecule has 0 saturated carbocycles. The van der Waals surface area contributed by atoms with Gasteiger partial charge in [0.1, 0.15) is 22.8 Å². The van der Waals surface area contributed by atoms with Gasteiger partial charge < -0.3 is 4.74 Å². The van der Waals surface area contributed by atoms with Crippen LogP contribution in [0.1, 0.15) is 30.0 Å². The van der Waals surface area contributed by atoms with Gasteiger partial charge in [0.05, 0.1) is 11.6 Å². The molecule has 0 N–H and O–H groups in total. The van der Waals surface area contributed by atoms with E-state index in [0.717, 1.165) is 32.7 Å². The number of hydrogen-bond acceptors (Lipinski definition) is 2. The predicted octanol–water partition coefficient (Wildman–Crippen LogP) is 6.06. The molecule has 0 atom stereocenters. The highest BCUT2D eigenvalue weighted by molar-refractivity contribution is 7.18. The molecule has 0 bridgehead atoms. The summed E-state index contributed by atoms with van der Waals surface area (Å²) in [7, 11) is 0. The molecule has 0 saturated heterocycles. The summed E-state index contributed by atoms with van der Waals surface area (Å²) in [5.41, 5.74) is 2.09. The van der Waals surface area contributed by atoms with Gasteiger partial charge in [0, 0.05) is 11.6 Å². The summed E-state index contributed by atoms with van der Waals surface area (Å²) in [6, 6.07) is 11.7. The zero-order valence-corrected chi connectivity index (χ0v) is 15.6. The highest BCUT2D eigenvalue weighted by atomic mass is 32.1. The zero-order valence-electron chi connectivity index (χ0n) is 14.8. The molecule has 3 aromatic rings. The number of fused-ring (bicyclic) bond motifs is 2. The number of benzene rings is 2. The van der Waals surface area contributed by atoms with E-state index in [9.17, 15) is 13.2 Å². The number of para-hydroxylation sites is 1. The van der Waals surface area contributed by atoms with Gasteiger partial charge in [-0.3, -0.25) is 0 Å². The van der Waals surface area contributed by atoms with E-state index in [1.165, 1.54) is 23.5 Å². The van der Waals surface area contributed by atoms with Crippen molar-refractivity contribution in [3.63, 3.8) is 0 Å². The second-order valence-corrected chi connectivity index (χ2v) is 7.40. The molecular weight excluding hydrogens is 371 g/mol. The number of nitrogens with zero attached hydrogens (tertiary/aromatic N) is 1. The fourth-order valence-electron chi connectivity index (χ4n) is 3.23. The molecule has 0 fully saturated rings. The molecule has 2 aromatic carbocycles. The monoisotopic (exact) mass is 388 g/mol. The first-order chi connectivity index (χ1) is 12.9. The fraction of sp³-hybridized carbons (Fsp3) is 0.190. The van der Waals surface area contributed by atoms with Gasteiger partial charge in [-0.1, -0.05) is 29.5 Å². The molecular formula is C21H17F3NOS+. The van der Waals surface area contributed by atoms with Crippen LogP contribution in [0.5, 0.6) is 5.75 Å². The summed E-state index contributed by atoms with van der Waals surface area (Å²) in [4.78, 5) is 0. The van der Waals surface area contributed by atoms with Crippen LogP contribution >= 0.6 is 11.3 Å². The van der Waals surface area contributed by atoms with Gasteiger partial charge in [0.25, 0.3) is 5.01 Å². The van der Waals surface area contributed by atoms with E-state index in [4.69, 9.17) is 4.74 Å². The van der Waals surface area contributed by atoms with Crippen molar-refractivity contribution in [2.24, 2.45) is 0 Å². The second-order valence-electron chi connectivity index (χ2n) is 6.34. The lowest BCUT2D eigenvalue weighted by molar-refractivity contribution is -0.665. The molecule has 27 heavy (non-hydrogen) atoms. The number of ether oxygens (including phenoxy) is 1. The molecule has 0 spiro atoms. The molecule has 138 valence electrons. The van der Waals surface area contributed by atoms with Crippen LogP contribution in [0.25, 0.3) is 21.9 Å². The Bertz CT molecular complexity index is 1090. The van der Waals surface area contributed by atoms with Gasteiger partial charge in [-0.2, -0.15) is 17.7 Å². The van der Waals surface area contributed by atoms with E-state index in [1.54, 1.807) is 0 Å². The Hall–Kier alpha value is -2.60. The molecule has 1 aliphatic rings. The van der Waals surface area contributed by atoms with E-state index < -0.39 is 11.7 Å². The summed E-state index contributed by atoms with van der Waals surface area (Å²) >= 11 is 1.45.